The van der Waals surface area contributed by atoms with Crippen molar-refractivity contribution in [3.05, 3.63) is 103 Å². The fraction of sp³-hybridized carbons (Fsp3) is 0.0909. The molecule has 124 valence electrons. The molecule has 0 bridgehead atoms. The summed E-state index contributed by atoms with van der Waals surface area (Å²) < 4.78 is 3.43. The maximum atomic E-state index is 2.34. The normalized spacial score (nSPS) is 15.0. The van der Waals surface area contributed by atoms with E-state index in [4.69, 9.17) is 0 Å². The van der Waals surface area contributed by atoms with Crippen LogP contribution in [-0.4, -0.2) is 0 Å². The van der Waals surface area contributed by atoms with Gasteiger partial charge < -0.3 is 9.41 Å². The molecule has 2 aromatic rings. The molecular formula is C22H18F2Zr. The van der Waals surface area contributed by atoms with Crippen LogP contribution >= 0.6 is 0 Å². The monoisotopic (exact) mass is 410 g/mol. The van der Waals surface area contributed by atoms with Crippen LogP contribution in [0.1, 0.15) is 24.0 Å². The zero-order chi connectivity index (χ0) is 15.5. The predicted octanol–water partition coefficient (Wildman–Crippen LogP) is -0.181. The van der Waals surface area contributed by atoms with E-state index in [0.717, 1.165) is 12.8 Å². The molecule has 0 radical (unpaired) electrons. The summed E-state index contributed by atoms with van der Waals surface area (Å²) in [6.07, 6.45) is 11.6. The molecule has 4 rings (SSSR count). The van der Waals surface area contributed by atoms with Gasteiger partial charge in [-0.1, -0.05) is 0 Å². The second-order valence-electron chi connectivity index (χ2n) is 5.85. The van der Waals surface area contributed by atoms with Gasteiger partial charge in [0.1, 0.15) is 0 Å². The Morgan fingerprint density at radius 2 is 0.960 bits per heavy atom. The van der Waals surface area contributed by atoms with Crippen LogP contribution in [0, 0.1) is 0 Å². The molecule has 2 aliphatic carbocycles. The van der Waals surface area contributed by atoms with Crippen LogP contribution in [0.5, 0.6) is 0 Å². The summed E-state index contributed by atoms with van der Waals surface area (Å²) in [4.78, 5) is 0. The molecule has 2 aromatic carbocycles. The van der Waals surface area contributed by atoms with E-state index in [1.807, 2.05) is 0 Å². The molecule has 0 N–H and O–H groups in total. The van der Waals surface area contributed by atoms with E-state index in [1.54, 1.807) is 6.56 Å². The van der Waals surface area contributed by atoms with E-state index < -0.39 is 23.2 Å². The Morgan fingerprint density at radius 1 is 0.560 bits per heavy atom. The molecule has 0 amide bonds. The van der Waals surface area contributed by atoms with E-state index in [2.05, 4.69) is 85.0 Å². The average molecular weight is 412 g/mol. The fourth-order valence-corrected chi connectivity index (χ4v) is 6.96. The maximum Gasteiger partial charge on any atom is -1.00 e. The van der Waals surface area contributed by atoms with Crippen molar-refractivity contribution in [3.63, 3.8) is 0 Å². The minimum Gasteiger partial charge on any atom is -1.00 e. The molecular weight excluding hydrogens is 393 g/mol. The van der Waals surface area contributed by atoms with E-state index >= 15 is 0 Å². The summed E-state index contributed by atoms with van der Waals surface area (Å²) in [5.74, 6) is 0. The van der Waals surface area contributed by atoms with Crippen LogP contribution < -0.4 is 9.41 Å². The molecule has 0 fully saturated rings. The van der Waals surface area contributed by atoms with Gasteiger partial charge >= 0.3 is 150 Å². The van der Waals surface area contributed by atoms with Gasteiger partial charge in [-0.15, -0.1) is 0 Å². The number of halogens is 2. The van der Waals surface area contributed by atoms with Gasteiger partial charge in [0.2, 0.25) is 0 Å². The van der Waals surface area contributed by atoms with E-state index in [0.29, 0.717) is 0 Å². The largest absolute Gasteiger partial charge is 1.00 e. The first-order valence-corrected chi connectivity index (χ1v) is 10.5. The Kier molecular flexibility index (Phi) is 7.02. The maximum absolute atomic E-state index is 2.34. The molecule has 2 aliphatic rings. The molecule has 0 atom stereocenters. The van der Waals surface area contributed by atoms with Gasteiger partial charge in [-0.2, -0.15) is 0 Å². The molecule has 0 heterocycles. The first kappa shape index (κ1) is 19.5. The van der Waals surface area contributed by atoms with E-state index in [-0.39, 0.29) is 9.41 Å². The van der Waals surface area contributed by atoms with Crippen LogP contribution in [-0.2, 0) is 23.2 Å². The Morgan fingerprint density at radius 3 is 1.36 bits per heavy atom. The smallest absolute Gasteiger partial charge is 1.00 e. The second-order valence-corrected chi connectivity index (χ2v) is 9.44. The number of hydrogen-bond donors (Lipinski definition) is 0. The van der Waals surface area contributed by atoms with E-state index in [1.165, 1.54) is 22.3 Å². The van der Waals surface area contributed by atoms with Gasteiger partial charge in [-0.3, -0.25) is 0 Å². The van der Waals surface area contributed by atoms with Crippen LogP contribution in [0.15, 0.2) is 91.5 Å². The van der Waals surface area contributed by atoms with Crippen molar-refractivity contribution in [2.75, 3.05) is 0 Å². The SMILES string of the molecule is C1=CC(c2ccccc2)=[C]([Zr+2][C]2=C(c3ccccc3)C=CC2)C1.[F-].[F-]. The molecule has 0 aliphatic heterocycles. The number of hydrogen-bond acceptors (Lipinski definition) is 0. The van der Waals surface area contributed by atoms with Crippen LogP contribution in [0.3, 0.4) is 0 Å². The van der Waals surface area contributed by atoms with Gasteiger partial charge in [0.25, 0.3) is 0 Å². The van der Waals surface area contributed by atoms with Gasteiger partial charge in [-0.25, -0.2) is 0 Å². The molecule has 0 saturated heterocycles. The third-order valence-corrected chi connectivity index (χ3v) is 8.15. The first-order chi connectivity index (χ1) is 11.4. The van der Waals surface area contributed by atoms with Gasteiger partial charge in [0.05, 0.1) is 0 Å². The predicted molar refractivity (Wildman–Crippen MR) is 94.2 cm³/mol. The van der Waals surface area contributed by atoms with Crippen LogP contribution in [0.25, 0.3) is 11.1 Å². The minimum absolute atomic E-state index is 0. The Labute approximate surface area is 159 Å². The Bertz CT molecular complexity index is 759. The molecule has 0 nitrogen and oxygen atoms in total. The molecule has 0 unspecified atom stereocenters. The zero-order valence-electron chi connectivity index (χ0n) is 13.8. The van der Waals surface area contributed by atoms with Crippen molar-refractivity contribution in [2.45, 2.75) is 12.8 Å². The van der Waals surface area contributed by atoms with Crippen molar-refractivity contribution in [1.82, 2.24) is 0 Å². The topological polar surface area (TPSA) is 0 Å². The van der Waals surface area contributed by atoms with E-state index in [9.17, 15) is 0 Å². The zero-order valence-corrected chi connectivity index (χ0v) is 16.2. The van der Waals surface area contributed by atoms with Crippen molar-refractivity contribution >= 4 is 11.1 Å². The summed E-state index contributed by atoms with van der Waals surface area (Å²) in [5.41, 5.74) is 5.74. The minimum atomic E-state index is -0.712. The molecule has 3 heteroatoms. The third-order valence-electron chi connectivity index (χ3n) is 4.33. The molecule has 25 heavy (non-hydrogen) atoms. The van der Waals surface area contributed by atoms with Gasteiger partial charge in [0.15, 0.2) is 0 Å². The van der Waals surface area contributed by atoms with Gasteiger partial charge in [0, 0.05) is 0 Å². The summed E-state index contributed by atoms with van der Waals surface area (Å²) in [7, 11) is 0. The van der Waals surface area contributed by atoms with Crippen LogP contribution in [0.4, 0.5) is 0 Å². The number of rotatable bonds is 4. The summed E-state index contributed by atoms with van der Waals surface area (Å²) in [6.45, 7) is 0. The van der Waals surface area contributed by atoms with Gasteiger partial charge in [-0.05, 0) is 0 Å². The van der Waals surface area contributed by atoms with Crippen molar-refractivity contribution in [2.24, 2.45) is 0 Å². The summed E-state index contributed by atoms with van der Waals surface area (Å²) in [5, 5.41) is 0. The van der Waals surface area contributed by atoms with Crippen molar-refractivity contribution in [3.8, 4) is 0 Å². The number of benzene rings is 2. The Hall–Kier alpha value is -1.86. The van der Waals surface area contributed by atoms with Crippen molar-refractivity contribution in [1.29, 1.82) is 0 Å². The third kappa shape index (κ3) is 4.22. The summed E-state index contributed by atoms with van der Waals surface area (Å²) >= 11 is -0.712. The molecule has 0 saturated carbocycles. The van der Waals surface area contributed by atoms with Crippen molar-refractivity contribution < 1.29 is 32.6 Å². The molecule has 0 aromatic heterocycles. The van der Waals surface area contributed by atoms with Crippen LogP contribution in [0.2, 0.25) is 0 Å². The average Bonchev–Trinajstić information content (AvgIpc) is 3.26. The quantitative estimate of drug-likeness (QED) is 0.655. The first-order valence-electron chi connectivity index (χ1n) is 8.09. The number of allylic oxidation sites excluding steroid dienone is 8. The second kappa shape index (κ2) is 9.01. The fourth-order valence-electron chi connectivity index (χ4n) is 3.21. The standard InChI is InChI=1S/2C11H9.2FH.Zr/c2*1-2-6-10(7-3-1)11-8-4-5-9-11;;;/h2*1-4,6-8H,5H2;2*1H;/q;;;;+2/p-2. The Balaban J connectivity index is 0.00000113. The molecule has 0 spiro atoms. The summed E-state index contributed by atoms with van der Waals surface area (Å²) in [6, 6.07) is 21.7.